The Hall–Kier alpha value is -0.490. The number of rotatable bonds is 0. The van der Waals surface area contributed by atoms with Crippen LogP contribution < -0.4 is 0 Å². The van der Waals surface area contributed by atoms with Crippen molar-refractivity contribution in [2.24, 2.45) is 23.7 Å². The fourth-order valence-electron chi connectivity index (χ4n) is 2.21. The number of hydrogen-bond acceptors (Lipinski definition) is 0. The van der Waals surface area contributed by atoms with E-state index in [2.05, 4.69) is 30.4 Å². The molecule has 0 spiro atoms. The number of hydrogen-bond donors (Lipinski definition) is 0. The maximum absolute atomic E-state index is 6.12. The van der Waals surface area contributed by atoms with Gasteiger partial charge in [0, 0.05) is 16.9 Å². The average Bonchev–Trinajstić information content (AvgIpc) is 2.64. The summed E-state index contributed by atoms with van der Waals surface area (Å²) in [5.41, 5.74) is 0. The van der Waals surface area contributed by atoms with Crippen LogP contribution in [-0.2, 0) is 0 Å². The Bertz CT molecular complexity index is 265. The van der Waals surface area contributed by atoms with Gasteiger partial charge in [-0.25, -0.2) is 0 Å². The van der Waals surface area contributed by atoms with Crippen molar-refractivity contribution in [2.45, 2.75) is 0 Å². The van der Waals surface area contributed by atoms with Crippen LogP contribution in [0.5, 0.6) is 0 Å². The molecule has 1 heteroatoms. The first kappa shape index (κ1) is 6.07. The van der Waals surface area contributed by atoms with Crippen molar-refractivity contribution in [3.05, 3.63) is 35.4 Å². The van der Waals surface area contributed by atoms with Gasteiger partial charge in [-0.1, -0.05) is 42.0 Å². The molecule has 0 aromatic rings. The van der Waals surface area contributed by atoms with Gasteiger partial charge in [-0.3, -0.25) is 0 Å². The Morgan fingerprint density at radius 3 is 2.27 bits per heavy atom. The van der Waals surface area contributed by atoms with Gasteiger partial charge in [0.05, 0.1) is 0 Å². The van der Waals surface area contributed by atoms with Crippen molar-refractivity contribution in [3.63, 3.8) is 0 Å². The standard InChI is InChI=1S/C10H9Cl/c11-9-5-6-1-3-7-8(4-2-6)10(7)9/h1-8,10H. The van der Waals surface area contributed by atoms with Crippen LogP contribution in [0.25, 0.3) is 0 Å². The molecule has 0 aliphatic heterocycles. The lowest BCUT2D eigenvalue weighted by molar-refractivity contribution is 0.978. The minimum absolute atomic E-state index is 0.475. The van der Waals surface area contributed by atoms with E-state index in [1.54, 1.807) is 0 Å². The molecule has 56 valence electrons. The van der Waals surface area contributed by atoms with E-state index in [4.69, 9.17) is 11.6 Å². The van der Waals surface area contributed by atoms with Gasteiger partial charge in [0.15, 0.2) is 0 Å². The van der Waals surface area contributed by atoms with Crippen molar-refractivity contribution in [1.82, 2.24) is 0 Å². The highest BCUT2D eigenvalue weighted by Gasteiger charge is 2.50. The maximum Gasteiger partial charge on any atom is 0.0193 e. The summed E-state index contributed by atoms with van der Waals surface area (Å²) >= 11 is 6.12. The summed E-state index contributed by atoms with van der Waals surface area (Å²) < 4.78 is 0. The fourth-order valence-corrected chi connectivity index (χ4v) is 2.64. The second-order valence-electron chi connectivity index (χ2n) is 3.58. The molecule has 2 atom stereocenters. The Labute approximate surface area is 71.2 Å². The van der Waals surface area contributed by atoms with Crippen LogP contribution in [0.15, 0.2) is 35.4 Å². The molecule has 11 heavy (non-hydrogen) atoms. The van der Waals surface area contributed by atoms with E-state index in [-0.39, 0.29) is 0 Å². The van der Waals surface area contributed by atoms with Gasteiger partial charge >= 0.3 is 0 Å². The van der Waals surface area contributed by atoms with Crippen LogP contribution in [0.3, 0.4) is 0 Å². The quantitative estimate of drug-likeness (QED) is 0.483. The van der Waals surface area contributed by atoms with Crippen molar-refractivity contribution >= 4 is 11.6 Å². The van der Waals surface area contributed by atoms with Gasteiger partial charge < -0.3 is 0 Å². The van der Waals surface area contributed by atoms with E-state index in [9.17, 15) is 0 Å². The third-order valence-electron chi connectivity index (χ3n) is 2.91. The monoisotopic (exact) mass is 164 g/mol. The predicted octanol–water partition coefficient (Wildman–Crippen LogP) is 2.73. The summed E-state index contributed by atoms with van der Waals surface area (Å²) in [4.78, 5) is 0. The highest BCUT2D eigenvalue weighted by molar-refractivity contribution is 6.30. The summed E-state index contributed by atoms with van der Waals surface area (Å²) in [6, 6.07) is 0. The molecule has 0 radical (unpaired) electrons. The second kappa shape index (κ2) is 1.81. The predicted molar refractivity (Wildman–Crippen MR) is 46.2 cm³/mol. The first-order valence-corrected chi connectivity index (χ1v) is 4.48. The Kier molecular flexibility index (Phi) is 0.999. The summed E-state index contributed by atoms with van der Waals surface area (Å²) in [6.07, 6.45) is 11.3. The van der Waals surface area contributed by atoms with Crippen molar-refractivity contribution in [3.8, 4) is 0 Å². The summed E-state index contributed by atoms with van der Waals surface area (Å²) in [5, 5.41) is 1.08. The molecule has 4 aliphatic rings. The van der Waals surface area contributed by atoms with Gasteiger partial charge in [0.2, 0.25) is 0 Å². The Morgan fingerprint density at radius 1 is 1.00 bits per heavy atom. The molecule has 0 nitrogen and oxygen atoms in total. The normalized spacial score (nSPS) is 50.1. The summed E-state index contributed by atoms with van der Waals surface area (Å²) in [6.45, 7) is 0. The zero-order valence-electron chi connectivity index (χ0n) is 6.07. The van der Waals surface area contributed by atoms with Gasteiger partial charge in [-0.05, 0) is 11.8 Å². The van der Waals surface area contributed by atoms with Gasteiger partial charge in [0.1, 0.15) is 0 Å². The molecular weight excluding hydrogens is 156 g/mol. The van der Waals surface area contributed by atoms with E-state index in [0.29, 0.717) is 11.8 Å². The maximum atomic E-state index is 6.12. The lowest BCUT2D eigenvalue weighted by Crippen LogP contribution is -1.83. The first-order chi connectivity index (χ1) is 5.36. The van der Waals surface area contributed by atoms with Crippen LogP contribution in [-0.4, -0.2) is 0 Å². The van der Waals surface area contributed by atoms with E-state index >= 15 is 0 Å². The molecule has 0 amide bonds. The SMILES string of the molecule is ClC1=CC2C=CC3C(C=C2)C13. The van der Waals surface area contributed by atoms with Crippen LogP contribution >= 0.6 is 11.6 Å². The molecule has 0 aromatic carbocycles. The van der Waals surface area contributed by atoms with Crippen LogP contribution in [0.4, 0.5) is 0 Å². The summed E-state index contributed by atoms with van der Waals surface area (Å²) in [5.74, 6) is 2.56. The lowest BCUT2D eigenvalue weighted by Gasteiger charge is -1.96. The topological polar surface area (TPSA) is 0 Å². The minimum atomic E-state index is 0.475. The number of halogens is 1. The van der Waals surface area contributed by atoms with Crippen LogP contribution in [0.2, 0.25) is 0 Å². The minimum Gasteiger partial charge on any atom is -0.0891 e. The third kappa shape index (κ3) is 0.709. The zero-order chi connectivity index (χ0) is 7.42. The van der Waals surface area contributed by atoms with E-state index in [0.717, 1.165) is 16.9 Å². The van der Waals surface area contributed by atoms with Crippen molar-refractivity contribution in [1.29, 1.82) is 0 Å². The van der Waals surface area contributed by atoms with E-state index in [1.807, 2.05) is 0 Å². The molecule has 2 unspecified atom stereocenters. The molecule has 0 heterocycles. The smallest absolute Gasteiger partial charge is 0.0193 e. The second-order valence-corrected chi connectivity index (χ2v) is 4.02. The van der Waals surface area contributed by atoms with Gasteiger partial charge in [-0.2, -0.15) is 0 Å². The molecule has 4 aliphatic carbocycles. The lowest BCUT2D eigenvalue weighted by atomic mass is 10.1. The van der Waals surface area contributed by atoms with Crippen LogP contribution in [0, 0.1) is 23.7 Å². The molecular formula is C10H9Cl. The van der Waals surface area contributed by atoms with E-state index < -0.39 is 0 Å². The van der Waals surface area contributed by atoms with Gasteiger partial charge in [-0.15, -0.1) is 0 Å². The molecule has 4 bridgehead atoms. The zero-order valence-corrected chi connectivity index (χ0v) is 6.83. The first-order valence-electron chi connectivity index (χ1n) is 4.10. The number of allylic oxidation sites excluding steroid dienone is 6. The highest BCUT2D eigenvalue weighted by atomic mass is 35.5. The fraction of sp³-hybridized carbons (Fsp3) is 0.400. The molecule has 1 saturated carbocycles. The molecule has 0 aromatic heterocycles. The highest BCUT2D eigenvalue weighted by Crippen LogP contribution is 2.57. The molecule has 0 saturated heterocycles. The molecule has 4 rings (SSSR count). The van der Waals surface area contributed by atoms with Crippen molar-refractivity contribution < 1.29 is 0 Å². The van der Waals surface area contributed by atoms with Gasteiger partial charge in [0.25, 0.3) is 0 Å². The van der Waals surface area contributed by atoms with E-state index in [1.165, 1.54) is 0 Å². The Morgan fingerprint density at radius 2 is 1.64 bits per heavy atom. The average molecular weight is 165 g/mol. The Balaban J connectivity index is 2.16. The summed E-state index contributed by atoms with van der Waals surface area (Å²) in [7, 11) is 0. The molecule has 0 N–H and O–H groups in total. The van der Waals surface area contributed by atoms with Crippen molar-refractivity contribution in [2.75, 3.05) is 0 Å². The molecule has 1 fully saturated rings. The van der Waals surface area contributed by atoms with Crippen LogP contribution in [0.1, 0.15) is 0 Å². The third-order valence-corrected chi connectivity index (χ3v) is 3.29. The largest absolute Gasteiger partial charge is 0.0891 e.